The number of pyridine rings is 1. The molecule has 0 spiro atoms. The van der Waals surface area contributed by atoms with Crippen molar-refractivity contribution < 1.29 is 4.79 Å². The maximum Gasteiger partial charge on any atom is 0.272 e. The standard InChI is InChI=1S/C15H19N5O.ClH/c21-15(14-12-10-16-9-6-13(12)19-20-14)18-8-3-5-11-4-1-2-7-17-11;/h1-2,4,7,16H,3,5-6,8-10H2,(H,18,21)(H,19,20);1H. The fraction of sp³-hybridized carbons (Fsp3) is 0.400. The topological polar surface area (TPSA) is 82.7 Å². The number of carbonyl (C=O) groups excluding carboxylic acids is 1. The van der Waals surface area contributed by atoms with Crippen LogP contribution in [0.25, 0.3) is 0 Å². The summed E-state index contributed by atoms with van der Waals surface area (Å²) in [5.74, 6) is -0.0998. The molecule has 0 aliphatic carbocycles. The Balaban J connectivity index is 0.00000176. The monoisotopic (exact) mass is 321 g/mol. The van der Waals surface area contributed by atoms with Crippen molar-refractivity contribution in [3.05, 3.63) is 47.0 Å². The summed E-state index contributed by atoms with van der Waals surface area (Å²) in [4.78, 5) is 16.4. The van der Waals surface area contributed by atoms with Crippen LogP contribution in [0, 0.1) is 0 Å². The highest BCUT2D eigenvalue weighted by atomic mass is 35.5. The van der Waals surface area contributed by atoms with Gasteiger partial charge >= 0.3 is 0 Å². The minimum absolute atomic E-state index is 0. The molecule has 0 radical (unpaired) electrons. The number of rotatable bonds is 5. The van der Waals surface area contributed by atoms with Crippen LogP contribution in [0.15, 0.2) is 24.4 Å². The third kappa shape index (κ3) is 3.84. The van der Waals surface area contributed by atoms with Gasteiger partial charge in [0.25, 0.3) is 5.91 Å². The molecule has 0 saturated carbocycles. The van der Waals surface area contributed by atoms with Crippen molar-refractivity contribution in [2.75, 3.05) is 13.1 Å². The second-order valence-electron chi connectivity index (χ2n) is 5.14. The van der Waals surface area contributed by atoms with Crippen molar-refractivity contribution in [3.63, 3.8) is 0 Å². The molecule has 0 aromatic carbocycles. The number of fused-ring (bicyclic) bond motifs is 1. The summed E-state index contributed by atoms with van der Waals surface area (Å²) in [5, 5.41) is 13.3. The van der Waals surface area contributed by atoms with E-state index in [-0.39, 0.29) is 18.3 Å². The summed E-state index contributed by atoms with van der Waals surface area (Å²) in [7, 11) is 0. The summed E-state index contributed by atoms with van der Waals surface area (Å²) >= 11 is 0. The van der Waals surface area contributed by atoms with Crippen LogP contribution in [0.5, 0.6) is 0 Å². The number of carbonyl (C=O) groups is 1. The molecular weight excluding hydrogens is 302 g/mol. The summed E-state index contributed by atoms with van der Waals surface area (Å²) in [6, 6.07) is 5.88. The largest absolute Gasteiger partial charge is 0.351 e. The fourth-order valence-electron chi connectivity index (χ4n) is 2.51. The zero-order chi connectivity index (χ0) is 14.5. The molecule has 3 rings (SSSR count). The predicted octanol–water partition coefficient (Wildman–Crippen LogP) is 1.23. The van der Waals surface area contributed by atoms with E-state index in [1.54, 1.807) is 6.20 Å². The van der Waals surface area contributed by atoms with Crippen LogP contribution in [-0.4, -0.2) is 34.2 Å². The van der Waals surface area contributed by atoms with Crippen LogP contribution in [0.1, 0.15) is 33.9 Å². The predicted molar refractivity (Wildman–Crippen MR) is 86.1 cm³/mol. The van der Waals surface area contributed by atoms with Gasteiger partial charge in [-0.1, -0.05) is 6.07 Å². The molecule has 6 nitrogen and oxygen atoms in total. The van der Waals surface area contributed by atoms with Gasteiger partial charge in [-0.05, 0) is 25.0 Å². The Bertz CT molecular complexity index is 614. The van der Waals surface area contributed by atoms with E-state index in [0.717, 1.165) is 42.8 Å². The average molecular weight is 322 g/mol. The second kappa shape index (κ2) is 7.91. The highest BCUT2D eigenvalue weighted by Crippen LogP contribution is 2.14. The molecule has 2 aromatic rings. The molecule has 7 heteroatoms. The number of aryl methyl sites for hydroxylation is 1. The van der Waals surface area contributed by atoms with Gasteiger partial charge in [-0.3, -0.25) is 14.9 Å². The van der Waals surface area contributed by atoms with Gasteiger partial charge in [0, 0.05) is 49.2 Å². The van der Waals surface area contributed by atoms with Crippen LogP contribution >= 0.6 is 12.4 Å². The van der Waals surface area contributed by atoms with Crippen molar-refractivity contribution in [2.24, 2.45) is 0 Å². The third-order valence-corrected chi connectivity index (χ3v) is 3.64. The summed E-state index contributed by atoms with van der Waals surface area (Å²) in [6.07, 6.45) is 4.42. The fourth-order valence-corrected chi connectivity index (χ4v) is 2.51. The molecule has 118 valence electrons. The van der Waals surface area contributed by atoms with Crippen LogP contribution in [-0.2, 0) is 19.4 Å². The van der Waals surface area contributed by atoms with Gasteiger partial charge in [-0.2, -0.15) is 5.10 Å². The van der Waals surface area contributed by atoms with Crippen LogP contribution in [0.2, 0.25) is 0 Å². The number of amides is 1. The van der Waals surface area contributed by atoms with E-state index >= 15 is 0 Å². The molecular formula is C15H20ClN5O. The zero-order valence-corrected chi connectivity index (χ0v) is 13.1. The minimum atomic E-state index is -0.0998. The maximum absolute atomic E-state index is 12.2. The number of hydrogen-bond acceptors (Lipinski definition) is 4. The van der Waals surface area contributed by atoms with E-state index in [0.29, 0.717) is 18.8 Å². The molecule has 1 amide bonds. The van der Waals surface area contributed by atoms with Crippen molar-refractivity contribution in [1.82, 2.24) is 25.8 Å². The number of hydrogen-bond donors (Lipinski definition) is 3. The van der Waals surface area contributed by atoms with E-state index < -0.39 is 0 Å². The Hall–Kier alpha value is -1.92. The molecule has 22 heavy (non-hydrogen) atoms. The highest BCUT2D eigenvalue weighted by Gasteiger charge is 2.20. The Morgan fingerprint density at radius 3 is 3.09 bits per heavy atom. The van der Waals surface area contributed by atoms with Crippen molar-refractivity contribution in [1.29, 1.82) is 0 Å². The average Bonchev–Trinajstić information content (AvgIpc) is 2.96. The highest BCUT2D eigenvalue weighted by molar-refractivity contribution is 5.94. The first kappa shape index (κ1) is 16.5. The molecule has 0 atom stereocenters. The van der Waals surface area contributed by atoms with Gasteiger partial charge in [0.05, 0.1) is 0 Å². The lowest BCUT2D eigenvalue weighted by molar-refractivity contribution is 0.0947. The first-order valence-electron chi connectivity index (χ1n) is 7.29. The minimum Gasteiger partial charge on any atom is -0.351 e. The first-order valence-corrected chi connectivity index (χ1v) is 7.29. The van der Waals surface area contributed by atoms with Gasteiger partial charge < -0.3 is 10.6 Å². The van der Waals surface area contributed by atoms with E-state index in [1.165, 1.54) is 0 Å². The van der Waals surface area contributed by atoms with Crippen LogP contribution in [0.4, 0.5) is 0 Å². The van der Waals surface area contributed by atoms with Gasteiger partial charge in [-0.25, -0.2) is 0 Å². The molecule has 0 bridgehead atoms. The van der Waals surface area contributed by atoms with Crippen LogP contribution in [0.3, 0.4) is 0 Å². The Morgan fingerprint density at radius 1 is 1.36 bits per heavy atom. The van der Waals surface area contributed by atoms with Gasteiger partial charge in [0.2, 0.25) is 0 Å². The van der Waals surface area contributed by atoms with Crippen molar-refractivity contribution >= 4 is 18.3 Å². The number of H-pyrrole nitrogens is 1. The molecule has 2 aromatic heterocycles. The van der Waals surface area contributed by atoms with E-state index in [1.807, 2.05) is 18.2 Å². The van der Waals surface area contributed by atoms with E-state index in [9.17, 15) is 4.79 Å². The van der Waals surface area contributed by atoms with Crippen molar-refractivity contribution in [3.8, 4) is 0 Å². The van der Waals surface area contributed by atoms with Gasteiger partial charge in [0.15, 0.2) is 5.69 Å². The van der Waals surface area contributed by atoms with E-state index in [2.05, 4.69) is 25.8 Å². The summed E-state index contributed by atoms with van der Waals surface area (Å²) in [6.45, 7) is 2.27. The normalized spacial score (nSPS) is 13.1. The number of nitrogens with one attached hydrogen (secondary N) is 3. The molecule has 3 heterocycles. The quantitative estimate of drug-likeness (QED) is 0.723. The Labute approximate surface area is 135 Å². The lowest BCUT2D eigenvalue weighted by Gasteiger charge is -2.12. The molecule has 3 N–H and O–H groups in total. The zero-order valence-electron chi connectivity index (χ0n) is 12.3. The second-order valence-corrected chi connectivity index (χ2v) is 5.14. The molecule has 0 saturated heterocycles. The molecule has 1 aliphatic rings. The molecule has 0 unspecified atom stereocenters. The Kier molecular flexibility index (Phi) is 5.91. The lowest BCUT2D eigenvalue weighted by Crippen LogP contribution is -2.29. The Morgan fingerprint density at radius 2 is 2.27 bits per heavy atom. The van der Waals surface area contributed by atoms with Crippen molar-refractivity contribution in [2.45, 2.75) is 25.8 Å². The number of halogens is 1. The first-order chi connectivity index (χ1) is 10.3. The summed E-state index contributed by atoms with van der Waals surface area (Å²) < 4.78 is 0. The third-order valence-electron chi connectivity index (χ3n) is 3.64. The number of aromatic amines is 1. The maximum atomic E-state index is 12.2. The number of aromatic nitrogens is 3. The van der Waals surface area contributed by atoms with Gasteiger partial charge in [-0.15, -0.1) is 12.4 Å². The molecule has 0 fully saturated rings. The van der Waals surface area contributed by atoms with Gasteiger partial charge in [0.1, 0.15) is 0 Å². The SMILES string of the molecule is Cl.O=C(NCCCc1ccccn1)c1n[nH]c2c1CNCC2. The molecule has 1 aliphatic heterocycles. The lowest BCUT2D eigenvalue weighted by atomic mass is 10.1. The van der Waals surface area contributed by atoms with E-state index in [4.69, 9.17) is 0 Å². The smallest absolute Gasteiger partial charge is 0.272 e. The van der Waals surface area contributed by atoms with Crippen LogP contribution < -0.4 is 10.6 Å². The number of nitrogens with zero attached hydrogens (tertiary/aromatic N) is 2. The summed E-state index contributed by atoms with van der Waals surface area (Å²) in [5.41, 5.74) is 3.65.